The maximum Gasteiger partial charge on any atom is 0.154 e. The molecule has 0 saturated heterocycles. The third-order valence-corrected chi connectivity index (χ3v) is 2.90. The number of hydrogen-bond donors (Lipinski definition) is 0. The topological polar surface area (TPSA) is 31.0 Å². The van der Waals surface area contributed by atoms with Crippen molar-refractivity contribution in [3.63, 3.8) is 0 Å². The summed E-state index contributed by atoms with van der Waals surface area (Å²) in [5.41, 5.74) is 0.972. The molecule has 0 spiro atoms. The van der Waals surface area contributed by atoms with Crippen molar-refractivity contribution in [1.82, 2.24) is 9.55 Å². The highest BCUT2D eigenvalue weighted by Crippen LogP contribution is 2.23. The third-order valence-electron chi connectivity index (χ3n) is 2.90. The molecule has 0 radical (unpaired) electrons. The van der Waals surface area contributed by atoms with E-state index in [1.807, 2.05) is 19.1 Å². The average Bonchev–Trinajstić information content (AvgIpc) is 2.82. The average molecular weight is 202 g/mol. The lowest BCUT2D eigenvalue weighted by Gasteiger charge is -2.11. The molecule has 0 N–H and O–H groups in total. The van der Waals surface area contributed by atoms with Crippen LogP contribution in [0, 0.1) is 6.92 Å². The Morgan fingerprint density at radius 1 is 1.33 bits per heavy atom. The van der Waals surface area contributed by atoms with Gasteiger partial charge >= 0.3 is 0 Å². The first-order chi connectivity index (χ1) is 7.33. The van der Waals surface area contributed by atoms with E-state index in [1.54, 1.807) is 0 Å². The Morgan fingerprint density at radius 3 is 3.00 bits per heavy atom. The molecule has 1 aliphatic heterocycles. The van der Waals surface area contributed by atoms with Gasteiger partial charge < -0.3 is 8.98 Å². The quantitative estimate of drug-likeness (QED) is 0.712. The van der Waals surface area contributed by atoms with Crippen LogP contribution >= 0.6 is 0 Å². The minimum absolute atomic E-state index is 0.884. The number of furan rings is 1. The second-order valence-electron chi connectivity index (χ2n) is 4.10. The van der Waals surface area contributed by atoms with Gasteiger partial charge in [0.05, 0.1) is 0 Å². The van der Waals surface area contributed by atoms with Gasteiger partial charge in [-0.1, -0.05) is 0 Å². The van der Waals surface area contributed by atoms with E-state index < -0.39 is 0 Å². The van der Waals surface area contributed by atoms with Gasteiger partial charge in [0, 0.05) is 19.2 Å². The molecule has 0 aliphatic carbocycles. The van der Waals surface area contributed by atoms with Crippen molar-refractivity contribution in [2.75, 3.05) is 0 Å². The standard InChI is InChI=1S/C12H14N2O/c1-9-5-6-11(15-9)10-8-14-7-3-2-4-12(14)13-10/h5-6,8H,2-4,7H2,1H3. The molecule has 0 bridgehead atoms. The molecular weight excluding hydrogens is 188 g/mol. The number of aryl methyl sites for hydroxylation is 3. The van der Waals surface area contributed by atoms with Crippen molar-refractivity contribution in [2.45, 2.75) is 32.7 Å². The normalized spacial score (nSPS) is 15.3. The van der Waals surface area contributed by atoms with Crippen LogP contribution < -0.4 is 0 Å². The lowest BCUT2D eigenvalue weighted by atomic mass is 10.2. The van der Waals surface area contributed by atoms with Gasteiger partial charge in [-0.05, 0) is 31.9 Å². The van der Waals surface area contributed by atoms with Gasteiger partial charge in [0.1, 0.15) is 17.3 Å². The molecule has 3 nitrogen and oxygen atoms in total. The predicted octanol–water partition coefficient (Wildman–Crippen LogP) is 2.79. The Bertz CT molecular complexity index is 458. The van der Waals surface area contributed by atoms with Crippen LogP contribution in [0.2, 0.25) is 0 Å². The molecule has 0 aromatic carbocycles. The zero-order chi connectivity index (χ0) is 10.3. The largest absolute Gasteiger partial charge is 0.460 e. The van der Waals surface area contributed by atoms with Crippen LogP contribution in [-0.4, -0.2) is 9.55 Å². The molecule has 2 aromatic heterocycles. The van der Waals surface area contributed by atoms with Crippen LogP contribution in [0.15, 0.2) is 22.7 Å². The molecule has 78 valence electrons. The molecule has 1 aliphatic rings. The second kappa shape index (κ2) is 3.26. The zero-order valence-corrected chi connectivity index (χ0v) is 8.86. The van der Waals surface area contributed by atoms with Gasteiger partial charge in [0.15, 0.2) is 5.76 Å². The first-order valence-corrected chi connectivity index (χ1v) is 5.46. The number of aromatic nitrogens is 2. The highest BCUT2D eigenvalue weighted by atomic mass is 16.3. The summed E-state index contributed by atoms with van der Waals surface area (Å²) >= 11 is 0. The van der Waals surface area contributed by atoms with E-state index in [-0.39, 0.29) is 0 Å². The van der Waals surface area contributed by atoms with E-state index in [4.69, 9.17) is 4.42 Å². The van der Waals surface area contributed by atoms with Gasteiger partial charge in [-0.3, -0.25) is 0 Å². The predicted molar refractivity (Wildman–Crippen MR) is 57.6 cm³/mol. The van der Waals surface area contributed by atoms with Crippen molar-refractivity contribution < 1.29 is 4.42 Å². The van der Waals surface area contributed by atoms with Crippen LogP contribution in [0.25, 0.3) is 11.5 Å². The molecule has 15 heavy (non-hydrogen) atoms. The SMILES string of the molecule is Cc1ccc(-c2cn3c(n2)CCCC3)o1. The summed E-state index contributed by atoms with van der Waals surface area (Å²) in [4.78, 5) is 4.60. The summed E-state index contributed by atoms with van der Waals surface area (Å²) < 4.78 is 7.82. The monoisotopic (exact) mass is 202 g/mol. The molecule has 3 heteroatoms. The van der Waals surface area contributed by atoms with E-state index in [0.29, 0.717) is 0 Å². The first kappa shape index (κ1) is 8.77. The van der Waals surface area contributed by atoms with Crippen LogP contribution in [0.1, 0.15) is 24.4 Å². The van der Waals surface area contributed by atoms with Gasteiger partial charge in [-0.2, -0.15) is 0 Å². The van der Waals surface area contributed by atoms with Crippen LogP contribution in [0.4, 0.5) is 0 Å². The summed E-state index contributed by atoms with van der Waals surface area (Å²) in [6, 6.07) is 3.97. The summed E-state index contributed by atoms with van der Waals surface area (Å²) in [6.45, 7) is 3.06. The van der Waals surface area contributed by atoms with Crippen molar-refractivity contribution in [2.24, 2.45) is 0 Å². The Balaban J connectivity index is 2.02. The minimum atomic E-state index is 0.884. The maximum atomic E-state index is 5.57. The Labute approximate surface area is 88.7 Å². The molecule has 0 fully saturated rings. The molecule has 3 heterocycles. The number of fused-ring (bicyclic) bond motifs is 1. The molecule has 0 atom stereocenters. The van der Waals surface area contributed by atoms with Gasteiger partial charge in [-0.15, -0.1) is 0 Å². The molecule has 3 rings (SSSR count). The fraction of sp³-hybridized carbons (Fsp3) is 0.417. The minimum Gasteiger partial charge on any atom is -0.460 e. The summed E-state index contributed by atoms with van der Waals surface area (Å²) in [7, 11) is 0. The van der Waals surface area contributed by atoms with E-state index >= 15 is 0 Å². The summed E-state index contributed by atoms with van der Waals surface area (Å²) in [5, 5.41) is 0. The molecule has 0 saturated carbocycles. The summed E-state index contributed by atoms with van der Waals surface area (Å²) in [5.74, 6) is 3.02. The van der Waals surface area contributed by atoms with Gasteiger partial charge in [-0.25, -0.2) is 4.98 Å². The Hall–Kier alpha value is -1.51. The molecule has 2 aromatic rings. The number of hydrogen-bond acceptors (Lipinski definition) is 2. The van der Waals surface area contributed by atoms with E-state index in [2.05, 4.69) is 15.7 Å². The number of nitrogens with zero attached hydrogens (tertiary/aromatic N) is 2. The zero-order valence-electron chi connectivity index (χ0n) is 8.86. The van der Waals surface area contributed by atoms with Crippen molar-refractivity contribution in [3.8, 4) is 11.5 Å². The van der Waals surface area contributed by atoms with Crippen molar-refractivity contribution >= 4 is 0 Å². The highest BCUT2D eigenvalue weighted by Gasteiger charge is 2.14. The van der Waals surface area contributed by atoms with Crippen LogP contribution in [0.5, 0.6) is 0 Å². The third kappa shape index (κ3) is 1.48. The fourth-order valence-electron chi connectivity index (χ4n) is 2.10. The lowest BCUT2D eigenvalue weighted by Crippen LogP contribution is -2.08. The second-order valence-corrected chi connectivity index (χ2v) is 4.10. The highest BCUT2D eigenvalue weighted by molar-refractivity contribution is 5.51. The number of rotatable bonds is 1. The van der Waals surface area contributed by atoms with Crippen molar-refractivity contribution in [3.05, 3.63) is 29.9 Å². The van der Waals surface area contributed by atoms with E-state index in [0.717, 1.165) is 30.2 Å². The Kier molecular flexibility index (Phi) is 1.91. The van der Waals surface area contributed by atoms with Crippen LogP contribution in [0.3, 0.4) is 0 Å². The molecule has 0 amide bonds. The van der Waals surface area contributed by atoms with E-state index in [9.17, 15) is 0 Å². The van der Waals surface area contributed by atoms with Gasteiger partial charge in [0.25, 0.3) is 0 Å². The smallest absolute Gasteiger partial charge is 0.154 e. The van der Waals surface area contributed by atoms with Crippen LogP contribution in [-0.2, 0) is 13.0 Å². The lowest BCUT2D eigenvalue weighted by molar-refractivity contribution is 0.522. The fourth-order valence-corrected chi connectivity index (χ4v) is 2.10. The first-order valence-electron chi connectivity index (χ1n) is 5.46. The Morgan fingerprint density at radius 2 is 2.27 bits per heavy atom. The molecular formula is C12H14N2O. The van der Waals surface area contributed by atoms with E-state index in [1.165, 1.54) is 18.7 Å². The van der Waals surface area contributed by atoms with Crippen molar-refractivity contribution in [1.29, 1.82) is 0 Å². The number of imidazole rings is 1. The summed E-state index contributed by atoms with van der Waals surface area (Å²) in [6.07, 6.45) is 5.72. The van der Waals surface area contributed by atoms with Gasteiger partial charge in [0.2, 0.25) is 0 Å². The maximum absolute atomic E-state index is 5.57. The molecule has 0 unspecified atom stereocenters.